The van der Waals surface area contributed by atoms with E-state index in [4.69, 9.17) is 25.8 Å². The lowest BCUT2D eigenvalue weighted by molar-refractivity contribution is -0.212. The zero-order chi connectivity index (χ0) is 27.8. The summed E-state index contributed by atoms with van der Waals surface area (Å²) in [5, 5.41) is 35.4. The van der Waals surface area contributed by atoms with Crippen LogP contribution in [-0.4, -0.2) is 88.7 Å². The summed E-state index contributed by atoms with van der Waals surface area (Å²) in [6, 6.07) is 5.66. The Morgan fingerprint density at radius 1 is 1.21 bits per heavy atom. The fourth-order valence-corrected chi connectivity index (χ4v) is 6.35. The van der Waals surface area contributed by atoms with Crippen molar-refractivity contribution in [3.63, 3.8) is 0 Å². The third-order valence-electron chi connectivity index (χ3n) is 7.41. The fourth-order valence-electron chi connectivity index (χ4n) is 5.18. The molecule has 9 atom stereocenters. The van der Waals surface area contributed by atoms with Gasteiger partial charge in [0.15, 0.2) is 0 Å². The molecule has 1 aliphatic heterocycles. The number of thioether (sulfide) groups is 1. The molecule has 0 unspecified atom stereocenters. The molecule has 1 saturated carbocycles. The van der Waals surface area contributed by atoms with Crippen LogP contribution in [-0.2, 0) is 19.0 Å². The lowest BCUT2D eigenvalue weighted by atomic mass is 9.91. The van der Waals surface area contributed by atoms with Gasteiger partial charge in [0.25, 0.3) is 0 Å². The number of nitrogens with one attached hydrogen (secondary N) is 1. The summed E-state index contributed by atoms with van der Waals surface area (Å²) in [6.45, 7) is 3.93. The first-order chi connectivity index (χ1) is 18.2. The number of hydrogen-bond acceptors (Lipinski definition) is 9. The predicted molar refractivity (Wildman–Crippen MR) is 145 cm³/mol. The average Bonchev–Trinajstić information content (AvgIpc) is 3.38. The highest BCUT2D eigenvalue weighted by atomic mass is 35.5. The molecular weight excluding hydrogens is 534 g/mol. The van der Waals surface area contributed by atoms with Crippen molar-refractivity contribution in [2.75, 3.05) is 19.5 Å². The molecule has 0 radical (unpaired) electrons. The minimum atomic E-state index is -1.50. The van der Waals surface area contributed by atoms with Crippen molar-refractivity contribution in [3.8, 4) is 0 Å². The topological polar surface area (TPSA) is 135 Å². The molecule has 1 saturated heterocycles. The smallest absolute Gasteiger partial charge is 0.338 e. The Morgan fingerprint density at radius 2 is 1.97 bits per heavy atom. The van der Waals surface area contributed by atoms with Crippen molar-refractivity contribution < 1.29 is 39.1 Å². The number of carbonyl (C=O) groups is 2. The van der Waals surface area contributed by atoms with Crippen LogP contribution in [0.1, 0.15) is 56.3 Å². The number of hydrogen-bond donors (Lipinski definition) is 4. The van der Waals surface area contributed by atoms with Gasteiger partial charge in [-0.25, -0.2) is 4.79 Å². The number of benzene rings is 1. The molecule has 4 N–H and O–H groups in total. The summed E-state index contributed by atoms with van der Waals surface area (Å²) in [5.74, 6) is 0.0359. The Hall–Kier alpha value is -1.40. The van der Waals surface area contributed by atoms with Gasteiger partial charge < -0.3 is 34.8 Å². The number of esters is 1. The second-order valence-electron chi connectivity index (χ2n) is 10.1. The van der Waals surface area contributed by atoms with Crippen LogP contribution in [0, 0.1) is 11.8 Å². The van der Waals surface area contributed by atoms with Gasteiger partial charge in [-0.2, -0.15) is 0 Å². The number of amides is 1. The van der Waals surface area contributed by atoms with Crippen molar-refractivity contribution in [1.29, 1.82) is 0 Å². The zero-order valence-corrected chi connectivity index (χ0v) is 23.7. The van der Waals surface area contributed by atoms with Crippen LogP contribution in [0.4, 0.5) is 0 Å². The molecule has 1 aromatic rings. The van der Waals surface area contributed by atoms with Crippen LogP contribution in [0.5, 0.6) is 0 Å². The molecule has 11 heteroatoms. The minimum absolute atomic E-state index is 0.0289. The van der Waals surface area contributed by atoms with Crippen LogP contribution in [0.3, 0.4) is 0 Å². The van der Waals surface area contributed by atoms with E-state index in [1.54, 1.807) is 25.1 Å². The molecule has 38 heavy (non-hydrogen) atoms. The first-order valence-electron chi connectivity index (χ1n) is 13.2. The van der Waals surface area contributed by atoms with E-state index in [1.165, 1.54) is 13.2 Å². The number of aliphatic hydroxyl groups excluding tert-OH is 3. The number of carbonyl (C=O) groups excluding carboxylic acids is 2. The van der Waals surface area contributed by atoms with Gasteiger partial charge in [-0.05, 0) is 50.3 Å². The molecule has 0 bridgehead atoms. The van der Waals surface area contributed by atoms with E-state index in [-0.39, 0.29) is 24.2 Å². The molecule has 2 fully saturated rings. The van der Waals surface area contributed by atoms with Gasteiger partial charge in [-0.15, -0.1) is 11.8 Å². The number of ether oxygens (including phenoxy) is 3. The molecule has 0 spiro atoms. The molecule has 1 amide bonds. The highest BCUT2D eigenvalue weighted by Gasteiger charge is 2.48. The molecule has 1 aromatic carbocycles. The quantitative estimate of drug-likeness (QED) is 0.220. The third-order valence-corrected chi connectivity index (χ3v) is 8.77. The van der Waals surface area contributed by atoms with Crippen LogP contribution < -0.4 is 5.32 Å². The summed E-state index contributed by atoms with van der Waals surface area (Å²) in [4.78, 5) is 25.4. The van der Waals surface area contributed by atoms with Crippen molar-refractivity contribution in [3.05, 3.63) is 34.9 Å². The van der Waals surface area contributed by atoms with Crippen LogP contribution in [0.2, 0.25) is 5.02 Å². The highest BCUT2D eigenvalue weighted by molar-refractivity contribution is 7.99. The average molecular weight is 574 g/mol. The molecule has 214 valence electrons. The molecule has 1 heterocycles. The van der Waals surface area contributed by atoms with Gasteiger partial charge in [-0.3, -0.25) is 4.79 Å². The third kappa shape index (κ3) is 8.06. The lowest BCUT2D eigenvalue weighted by Crippen LogP contribution is -2.65. The van der Waals surface area contributed by atoms with E-state index in [0.29, 0.717) is 16.5 Å². The maximum Gasteiger partial charge on any atom is 0.338 e. The van der Waals surface area contributed by atoms with Crippen LogP contribution in [0.15, 0.2) is 24.3 Å². The number of methoxy groups -OCH3 is 1. The number of rotatable bonds is 12. The summed E-state index contributed by atoms with van der Waals surface area (Å²) >= 11 is 7.06. The van der Waals surface area contributed by atoms with Crippen LogP contribution >= 0.6 is 23.4 Å². The largest absolute Gasteiger partial charge is 0.461 e. The standard InChI is InChI=1S/C27H40ClNO8S/c1-4-6-16-9-10-17(13-16)25(33)29-20(15(2)35-3)24-22(31)21(30)23(32)27(37-24)38-12-11-36-26(34)18-7-5-8-19(28)14-18/h5,7-8,14-17,20-24,27,30-32H,4,6,9-13H2,1-3H3,(H,29,33)/t15-,16+,17+,20-,21+,22-,23-,24-,27-/m1/s1. The maximum atomic E-state index is 13.1. The Balaban J connectivity index is 1.60. The van der Waals surface area contributed by atoms with Crippen molar-refractivity contribution in [1.82, 2.24) is 5.32 Å². The molecule has 9 nitrogen and oxygen atoms in total. The zero-order valence-electron chi connectivity index (χ0n) is 22.1. The van der Waals surface area contributed by atoms with Gasteiger partial charge in [-0.1, -0.05) is 37.4 Å². The van der Waals surface area contributed by atoms with Crippen molar-refractivity contribution in [2.45, 2.75) is 87.9 Å². The fraction of sp³-hybridized carbons (Fsp3) is 0.704. The first-order valence-corrected chi connectivity index (χ1v) is 14.7. The van der Waals surface area contributed by atoms with E-state index < -0.39 is 48.0 Å². The molecular formula is C27H40ClNO8S. The summed E-state index contributed by atoms with van der Waals surface area (Å²) < 4.78 is 16.8. The SMILES string of the molecule is CCC[C@H]1CC[C@H](C(=O)N[C@@H]([C@H]2O[C@H](SCCOC(=O)c3cccc(Cl)c3)[C@H](O)[C@@H](O)[C@H]2O)[C@@H](C)OC)C1. The van der Waals surface area contributed by atoms with E-state index in [9.17, 15) is 24.9 Å². The Morgan fingerprint density at radius 3 is 2.66 bits per heavy atom. The predicted octanol–water partition coefficient (Wildman–Crippen LogP) is 2.77. The summed E-state index contributed by atoms with van der Waals surface area (Å²) in [5.41, 5.74) is -0.599. The first kappa shape index (κ1) is 31.1. The van der Waals surface area contributed by atoms with Crippen molar-refractivity contribution >= 4 is 35.2 Å². The van der Waals surface area contributed by atoms with Gasteiger partial charge in [0.05, 0.1) is 17.7 Å². The Labute approximate surface area is 233 Å². The number of halogens is 1. The minimum Gasteiger partial charge on any atom is -0.461 e. The van der Waals surface area contributed by atoms with Crippen molar-refractivity contribution in [2.24, 2.45) is 11.8 Å². The van der Waals surface area contributed by atoms with E-state index in [1.807, 2.05) is 0 Å². The monoisotopic (exact) mass is 573 g/mol. The Bertz CT molecular complexity index is 923. The maximum absolute atomic E-state index is 13.1. The van der Waals surface area contributed by atoms with Gasteiger partial charge in [0.1, 0.15) is 36.5 Å². The number of aliphatic hydroxyl groups is 3. The van der Waals surface area contributed by atoms with Crippen LogP contribution in [0.25, 0.3) is 0 Å². The molecule has 1 aliphatic carbocycles. The Kier molecular flexibility index (Phi) is 12.2. The van der Waals surface area contributed by atoms with E-state index in [2.05, 4.69) is 12.2 Å². The highest BCUT2D eigenvalue weighted by Crippen LogP contribution is 2.35. The van der Waals surface area contributed by atoms with E-state index >= 15 is 0 Å². The molecule has 0 aromatic heterocycles. The second-order valence-corrected chi connectivity index (χ2v) is 11.7. The second kappa shape index (κ2) is 14.8. The van der Waals surface area contributed by atoms with Gasteiger partial charge in [0.2, 0.25) is 5.91 Å². The normalized spacial score (nSPS) is 31.0. The summed E-state index contributed by atoms with van der Waals surface area (Å²) in [7, 11) is 1.50. The van der Waals surface area contributed by atoms with Gasteiger partial charge >= 0.3 is 5.97 Å². The summed E-state index contributed by atoms with van der Waals surface area (Å²) in [6.07, 6.45) is -1.02. The van der Waals surface area contributed by atoms with Gasteiger partial charge in [0, 0.05) is 23.8 Å². The molecule has 2 aliphatic rings. The molecule has 3 rings (SSSR count). The van der Waals surface area contributed by atoms with E-state index in [0.717, 1.165) is 43.9 Å². The lowest BCUT2D eigenvalue weighted by Gasteiger charge is -2.44.